The standard InChI is InChI=1S/C20H18FN5O3/c1-29-14-4-2-13(3-5-14)20-19(12-22)25(27)18-11-16(24-8-6-23-7-9-24)15(21)10-17(18)26(20)28/h2-5,10-11,23H,6-9H2,1H3. The summed E-state index contributed by atoms with van der Waals surface area (Å²) in [5.74, 6) is -0.0263. The Morgan fingerprint density at radius 2 is 1.76 bits per heavy atom. The number of nitriles is 1. The topological polar surface area (TPSA) is 102 Å². The predicted octanol–water partition coefficient (Wildman–Crippen LogP) is 1.20. The molecule has 0 bridgehead atoms. The third-order valence-corrected chi connectivity index (χ3v) is 5.04. The van der Waals surface area contributed by atoms with Crippen LogP contribution in [0.15, 0.2) is 36.4 Å². The highest BCUT2D eigenvalue weighted by Crippen LogP contribution is 2.27. The van der Waals surface area contributed by atoms with Gasteiger partial charge in [-0.15, -0.1) is 4.73 Å². The summed E-state index contributed by atoms with van der Waals surface area (Å²) in [4.78, 5) is 1.81. The molecule has 0 spiro atoms. The zero-order chi connectivity index (χ0) is 20.5. The van der Waals surface area contributed by atoms with Crippen molar-refractivity contribution in [2.24, 2.45) is 0 Å². The molecule has 148 valence electrons. The minimum absolute atomic E-state index is 0.0521. The molecule has 9 heteroatoms. The van der Waals surface area contributed by atoms with Crippen molar-refractivity contribution in [2.45, 2.75) is 0 Å². The summed E-state index contributed by atoms with van der Waals surface area (Å²) in [6, 6.07) is 10.6. The van der Waals surface area contributed by atoms with Crippen LogP contribution in [-0.4, -0.2) is 33.3 Å². The number of nitrogens with one attached hydrogen (secondary N) is 1. The van der Waals surface area contributed by atoms with Crippen molar-refractivity contribution in [1.29, 1.82) is 5.26 Å². The molecular formula is C20H18FN5O3. The van der Waals surface area contributed by atoms with Gasteiger partial charge >= 0.3 is 11.4 Å². The van der Waals surface area contributed by atoms with Gasteiger partial charge in [0.05, 0.1) is 24.4 Å². The van der Waals surface area contributed by atoms with Gasteiger partial charge in [-0.25, -0.2) is 4.39 Å². The molecule has 2 aromatic carbocycles. The van der Waals surface area contributed by atoms with Crippen molar-refractivity contribution < 1.29 is 18.6 Å². The van der Waals surface area contributed by atoms with Gasteiger partial charge in [-0.1, -0.05) is 0 Å². The summed E-state index contributed by atoms with van der Waals surface area (Å²) in [6.07, 6.45) is 0. The van der Waals surface area contributed by atoms with Crippen LogP contribution < -0.4 is 24.4 Å². The molecule has 1 aromatic heterocycles. The number of piperazine rings is 1. The number of benzene rings is 2. The van der Waals surface area contributed by atoms with Gasteiger partial charge in [-0.05, 0) is 24.3 Å². The first-order valence-corrected chi connectivity index (χ1v) is 9.07. The molecule has 1 N–H and O–H groups in total. The number of hydrogen-bond donors (Lipinski definition) is 1. The molecule has 2 heterocycles. The van der Waals surface area contributed by atoms with Crippen LogP contribution in [0.4, 0.5) is 10.1 Å². The van der Waals surface area contributed by atoms with E-state index in [2.05, 4.69) is 5.32 Å². The van der Waals surface area contributed by atoms with Crippen LogP contribution in [-0.2, 0) is 0 Å². The van der Waals surface area contributed by atoms with Gasteiger partial charge in [-0.3, -0.25) is 0 Å². The maximum Gasteiger partial charge on any atom is 0.369 e. The van der Waals surface area contributed by atoms with Crippen LogP contribution in [0.5, 0.6) is 5.75 Å². The Morgan fingerprint density at radius 1 is 1.10 bits per heavy atom. The number of rotatable bonds is 3. The van der Waals surface area contributed by atoms with E-state index in [-0.39, 0.29) is 28.1 Å². The fourth-order valence-corrected chi connectivity index (χ4v) is 3.55. The number of hydrogen-bond acceptors (Lipinski definition) is 6. The van der Waals surface area contributed by atoms with Crippen LogP contribution in [0.1, 0.15) is 5.69 Å². The Kier molecular flexibility index (Phi) is 4.78. The molecule has 29 heavy (non-hydrogen) atoms. The van der Waals surface area contributed by atoms with Crippen LogP contribution in [0.3, 0.4) is 0 Å². The third kappa shape index (κ3) is 3.13. The van der Waals surface area contributed by atoms with E-state index in [9.17, 15) is 20.1 Å². The molecule has 8 nitrogen and oxygen atoms in total. The molecule has 0 saturated carbocycles. The Hall–Kier alpha value is -3.64. The second-order valence-corrected chi connectivity index (χ2v) is 6.66. The Labute approximate surface area is 166 Å². The molecule has 0 unspecified atom stereocenters. The number of anilines is 1. The van der Waals surface area contributed by atoms with E-state index in [0.29, 0.717) is 47.0 Å². The second-order valence-electron chi connectivity index (χ2n) is 6.66. The van der Waals surface area contributed by atoms with Gasteiger partial charge < -0.3 is 25.4 Å². The first-order valence-electron chi connectivity index (χ1n) is 9.07. The van der Waals surface area contributed by atoms with Crippen molar-refractivity contribution in [3.8, 4) is 23.1 Å². The first-order chi connectivity index (χ1) is 14.0. The fourth-order valence-electron chi connectivity index (χ4n) is 3.55. The quantitative estimate of drug-likeness (QED) is 0.528. The molecule has 0 atom stereocenters. The molecule has 1 fully saturated rings. The fraction of sp³-hybridized carbons (Fsp3) is 0.250. The molecule has 0 aliphatic carbocycles. The molecule has 1 saturated heterocycles. The number of ether oxygens (including phenoxy) is 1. The summed E-state index contributed by atoms with van der Waals surface area (Å²) < 4.78 is 20.8. The SMILES string of the molecule is COc1ccc(-c2c(C#N)[n+]([O-])c3cc(N4CCNCC4)c(F)cc3[n+]2[O-])cc1. The van der Waals surface area contributed by atoms with Crippen molar-refractivity contribution in [2.75, 3.05) is 38.2 Å². The minimum Gasteiger partial charge on any atom is -0.617 e. The smallest absolute Gasteiger partial charge is 0.369 e. The first kappa shape index (κ1) is 18.7. The molecule has 1 aliphatic heterocycles. The zero-order valence-electron chi connectivity index (χ0n) is 15.7. The monoisotopic (exact) mass is 395 g/mol. The van der Waals surface area contributed by atoms with Crippen LogP contribution in [0.2, 0.25) is 0 Å². The summed E-state index contributed by atoms with van der Waals surface area (Å²) in [5, 5.41) is 38.7. The lowest BCUT2D eigenvalue weighted by atomic mass is 10.1. The highest BCUT2D eigenvalue weighted by atomic mass is 19.1. The van der Waals surface area contributed by atoms with Gasteiger partial charge in [0.1, 0.15) is 5.75 Å². The van der Waals surface area contributed by atoms with Gasteiger partial charge in [0.15, 0.2) is 11.9 Å². The van der Waals surface area contributed by atoms with Crippen molar-refractivity contribution in [3.63, 3.8) is 0 Å². The lowest BCUT2D eigenvalue weighted by Crippen LogP contribution is -2.45. The Bertz CT molecular complexity index is 1120. The van der Waals surface area contributed by atoms with Crippen LogP contribution >= 0.6 is 0 Å². The highest BCUT2D eigenvalue weighted by molar-refractivity contribution is 5.76. The van der Waals surface area contributed by atoms with Crippen LogP contribution in [0, 0.1) is 27.6 Å². The van der Waals surface area contributed by atoms with Crippen molar-refractivity contribution in [1.82, 2.24) is 5.32 Å². The maximum atomic E-state index is 14.8. The maximum absolute atomic E-state index is 14.8. The van der Waals surface area contributed by atoms with E-state index in [1.54, 1.807) is 24.3 Å². The van der Waals surface area contributed by atoms with E-state index in [0.717, 1.165) is 6.07 Å². The number of methoxy groups -OCH3 is 1. The van der Waals surface area contributed by atoms with E-state index in [1.807, 2.05) is 11.0 Å². The molecule has 0 radical (unpaired) electrons. The highest BCUT2D eigenvalue weighted by Gasteiger charge is 2.31. The minimum atomic E-state index is -0.589. The molecule has 4 rings (SSSR count). The normalized spacial score (nSPS) is 14.0. The van der Waals surface area contributed by atoms with Gasteiger partial charge in [0.25, 0.3) is 11.0 Å². The van der Waals surface area contributed by atoms with Crippen molar-refractivity contribution >= 4 is 16.7 Å². The Balaban J connectivity index is 1.94. The van der Waals surface area contributed by atoms with E-state index >= 15 is 0 Å². The second kappa shape index (κ2) is 7.41. The largest absolute Gasteiger partial charge is 0.617 e. The summed E-state index contributed by atoms with van der Waals surface area (Å²) in [7, 11) is 1.50. The third-order valence-electron chi connectivity index (χ3n) is 5.04. The van der Waals surface area contributed by atoms with E-state index in [4.69, 9.17) is 4.74 Å². The molecule has 1 aliphatic rings. The summed E-state index contributed by atoms with van der Waals surface area (Å²) in [5.41, 5.74) is -0.0763. The lowest BCUT2D eigenvalue weighted by molar-refractivity contribution is -0.622. The van der Waals surface area contributed by atoms with Gasteiger partial charge in [-0.2, -0.15) is 9.99 Å². The average Bonchev–Trinajstić information content (AvgIpc) is 2.76. The van der Waals surface area contributed by atoms with Crippen molar-refractivity contribution in [3.05, 3.63) is 58.3 Å². The van der Waals surface area contributed by atoms with E-state index in [1.165, 1.54) is 13.2 Å². The number of nitrogens with zero attached hydrogens (tertiary/aromatic N) is 4. The molecular weight excluding hydrogens is 377 g/mol. The van der Waals surface area contributed by atoms with Crippen LogP contribution in [0.25, 0.3) is 22.3 Å². The predicted molar refractivity (Wildman–Crippen MR) is 104 cm³/mol. The van der Waals surface area contributed by atoms with E-state index < -0.39 is 5.82 Å². The summed E-state index contributed by atoms with van der Waals surface area (Å²) in [6.45, 7) is 2.54. The van der Waals surface area contributed by atoms with Gasteiger partial charge in [0.2, 0.25) is 0 Å². The molecule has 0 amide bonds. The number of fused-ring (bicyclic) bond motifs is 1. The van der Waals surface area contributed by atoms with Gasteiger partial charge in [0, 0.05) is 32.2 Å². The number of aromatic nitrogens is 2. The number of halogens is 1. The molecule has 3 aromatic rings. The summed E-state index contributed by atoms with van der Waals surface area (Å²) >= 11 is 0. The zero-order valence-corrected chi connectivity index (χ0v) is 15.7. The Morgan fingerprint density at radius 3 is 2.38 bits per heavy atom. The average molecular weight is 395 g/mol. The lowest BCUT2D eigenvalue weighted by Gasteiger charge is -2.29.